The van der Waals surface area contributed by atoms with E-state index in [0.29, 0.717) is 43.5 Å². The maximum Gasteiger partial charge on any atom is 0.411 e. The topological polar surface area (TPSA) is 88.1 Å². The highest BCUT2D eigenvalue weighted by Gasteiger charge is 2.74. The lowest BCUT2D eigenvalue weighted by atomic mass is 9.71. The Labute approximate surface area is 787 Å². The van der Waals surface area contributed by atoms with Crippen LogP contribution in [0.4, 0.5) is 52.7 Å². The molecule has 14 rings (SSSR count). The minimum atomic E-state index is -5.70. The molecule has 0 aromatic heterocycles. The molecule has 0 amide bonds. The first-order valence-corrected chi connectivity index (χ1v) is 45.0. The molecule has 0 bridgehead atoms. The molecular weight excluding hydrogens is 1750 g/mol. The van der Waals surface area contributed by atoms with Gasteiger partial charge < -0.3 is 18.9 Å². The molecule has 0 unspecified atom stereocenters. The van der Waals surface area contributed by atoms with Gasteiger partial charge in [0.05, 0.1) is 9.79 Å². The second-order valence-electron chi connectivity index (χ2n) is 35.1. The van der Waals surface area contributed by atoms with Crippen LogP contribution < -0.4 is 18.9 Å². The molecule has 0 atom stereocenters. The Morgan fingerprint density at radius 1 is 0.207 bits per heavy atom. The molecule has 7 nitrogen and oxygen atoms in total. The van der Waals surface area contributed by atoms with Gasteiger partial charge in [0, 0.05) is 16.5 Å². The SMILES string of the molecule is C.Cc1ccc(C(=O)c2ccc(C)c(C)c2)cc1C.Cc1ccc(C(c2ccc(C)c(C)c2)(C(F)(F)F)C(F)(F)F)cc1C.Cc1ccc(Oc2ccc(C(C)(C)c3ccc(Oc4ccc(C)c(C)c4)cc3)cc2)cc1C.Cc1ccc(Oc2ccc(C(c3ccc(Oc4ccc(C)c(C)c4)cc3)(C(F)(F)F)C(F)(F)F)cc2)cc1C.Cc1ccc(S(=O)(=O)c2ccc(C)c(C)c2)cc1C. The molecule has 708 valence electrons. The number of hydrogen-bond donors (Lipinski definition) is 0. The van der Waals surface area contributed by atoms with E-state index in [9.17, 15) is 65.9 Å². The summed E-state index contributed by atoms with van der Waals surface area (Å²) in [4.78, 5) is 13.1. The Kier molecular flexibility index (Phi) is 33.5. The van der Waals surface area contributed by atoms with E-state index < -0.39 is 67.6 Å². The van der Waals surface area contributed by atoms with Gasteiger partial charge >= 0.3 is 24.7 Å². The largest absolute Gasteiger partial charge is 0.457 e. The van der Waals surface area contributed by atoms with E-state index in [1.54, 1.807) is 62.4 Å². The highest BCUT2D eigenvalue weighted by Crippen LogP contribution is 2.59. The van der Waals surface area contributed by atoms with Gasteiger partial charge in [-0.1, -0.05) is 167 Å². The van der Waals surface area contributed by atoms with E-state index >= 15 is 0 Å². The number of carbonyl (C=O) groups excluding carboxylic acids is 1. The summed E-state index contributed by atoms with van der Waals surface area (Å²) in [6, 6.07) is 75.8. The van der Waals surface area contributed by atoms with Crippen molar-refractivity contribution in [3.63, 3.8) is 0 Å². The second kappa shape index (κ2) is 42.7. The minimum Gasteiger partial charge on any atom is -0.457 e. The number of ether oxygens (including phenoxy) is 4. The summed E-state index contributed by atoms with van der Waals surface area (Å²) in [7, 11) is -3.42. The average Bonchev–Trinajstić information content (AvgIpc) is 0.717. The Morgan fingerprint density at radius 3 is 0.600 bits per heavy atom. The quantitative estimate of drug-likeness (QED) is 0.0625. The van der Waals surface area contributed by atoms with Gasteiger partial charge in [0.25, 0.3) is 0 Å². The zero-order valence-electron chi connectivity index (χ0n) is 79.4. The minimum absolute atomic E-state index is 0. The summed E-state index contributed by atoms with van der Waals surface area (Å²) < 4.78 is 220. The van der Waals surface area contributed by atoms with Crippen molar-refractivity contribution in [3.05, 3.63) is 435 Å². The first-order chi connectivity index (χ1) is 62.6. The van der Waals surface area contributed by atoms with E-state index in [1.165, 1.54) is 70.5 Å². The number of aryl methyl sites for hydroxylation is 20. The Bertz CT molecular complexity index is 6270. The highest BCUT2D eigenvalue weighted by molar-refractivity contribution is 7.91. The standard InChI is InChI=1S/C31H26F6O2.C31H32O2.C19H18F6.C17H18O.C16H18O2S.CH4/c1-19-5-11-27(17-21(19)3)38-25-13-7-23(8-14-25)29(30(32,33)34,31(35,36)37)24-9-15-26(16-10-24)39-28-12-6-20(2)22(4)18-28;1-21-7-13-29(19-23(21)3)32-27-15-9-25(10-16-27)31(5,6)26-11-17-28(18-12-26)33-30-14-8-22(2)24(4)20-30;1-11-5-7-15(9-13(11)3)17(18(20,21)22,19(23,24)25)16-8-6-12(2)14(4)10-16;1-11-5-7-15(9-13(11)3)17(18)16-8-6-12(2)14(4)10-16;1-11-5-7-15(9-13(11)3)19(17,18)16-8-6-12(2)14(4)10-16;/h5-18H,1-4H3;7-20H,1-6H3;5-10H,1-4H3;5-10H,1-4H3;5-10H,1-4H3;1H4. The van der Waals surface area contributed by atoms with Crippen molar-refractivity contribution >= 4 is 15.6 Å². The molecule has 0 saturated heterocycles. The summed E-state index contributed by atoms with van der Waals surface area (Å²) in [6.45, 7) is 42.7. The molecule has 20 heteroatoms. The Hall–Kier alpha value is -12.9. The van der Waals surface area contributed by atoms with Crippen LogP contribution in [0.15, 0.2) is 289 Å². The van der Waals surface area contributed by atoms with Crippen molar-refractivity contribution in [1.82, 2.24) is 0 Å². The first-order valence-electron chi connectivity index (χ1n) is 43.5. The Morgan fingerprint density at radius 2 is 0.385 bits per heavy atom. The van der Waals surface area contributed by atoms with E-state index in [-0.39, 0.29) is 30.1 Å². The van der Waals surface area contributed by atoms with Crippen molar-refractivity contribution in [1.29, 1.82) is 0 Å². The third-order valence-electron chi connectivity index (χ3n) is 25.3. The third kappa shape index (κ3) is 24.4. The van der Waals surface area contributed by atoms with Crippen LogP contribution in [0.5, 0.6) is 46.0 Å². The van der Waals surface area contributed by atoms with Crippen LogP contribution in [0, 0.1) is 138 Å². The summed E-state index contributed by atoms with van der Waals surface area (Å²) >= 11 is 0. The van der Waals surface area contributed by atoms with Crippen LogP contribution in [0.2, 0.25) is 0 Å². The molecule has 0 spiro atoms. The number of ketones is 1. The molecular formula is C115H116F12O7S. The molecule has 0 heterocycles. The van der Waals surface area contributed by atoms with Crippen LogP contribution in [-0.4, -0.2) is 38.9 Å². The van der Waals surface area contributed by atoms with Crippen LogP contribution in [0.3, 0.4) is 0 Å². The van der Waals surface area contributed by atoms with Crippen LogP contribution in [0.25, 0.3) is 0 Å². The average molecular weight is 1870 g/mol. The fourth-order valence-electron chi connectivity index (χ4n) is 15.0. The van der Waals surface area contributed by atoms with Gasteiger partial charge in [-0.15, -0.1) is 0 Å². The van der Waals surface area contributed by atoms with Gasteiger partial charge in [-0.2, -0.15) is 52.7 Å². The van der Waals surface area contributed by atoms with Crippen LogP contribution in [0.1, 0.15) is 182 Å². The lowest BCUT2D eigenvalue weighted by Crippen LogP contribution is -2.54. The molecule has 0 aliphatic carbocycles. The first kappa shape index (κ1) is 106. The molecule has 14 aromatic carbocycles. The summed E-state index contributed by atoms with van der Waals surface area (Å²) in [5, 5.41) is 0. The van der Waals surface area contributed by atoms with Gasteiger partial charge in [-0.3, -0.25) is 4.79 Å². The van der Waals surface area contributed by atoms with Gasteiger partial charge in [-0.05, 0) is 417 Å². The maximum absolute atomic E-state index is 14.5. The van der Waals surface area contributed by atoms with E-state index in [1.807, 2.05) is 166 Å². The third-order valence-corrected chi connectivity index (χ3v) is 27.0. The maximum atomic E-state index is 14.5. The fourth-order valence-corrected chi connectivity index (χ4v) is 16.4. The van der Waals surface area contributed by atoms with Gasteiger partial charge in [0.15, 0.2) is 5.78 Å². The van der Waals surface area contributed by atoms with E-state index in [0.717, 1.165) is 163 Å². The second-order valence-corrected chi connectivity index (χ2v) is 37.1. The fraction of sp³-hybridized carbons (Fsp3) is 0.261. The number of carbonyl (C=O) groups is 1. The Balaban J connectivity index is 0.000000195. The van der Waals surface area contributed by atoms with Crippen molar-refractivity contribution in [3.8, 4) is 46.0 Å². The van der Waals surface area contributed by atoms with Crippen molar-refractivity contribution in [2.45, 2.75) is 210 Å². The lowest BCUT2D eigenvalue weighted by Gasteiger charge is -2.38. The molecule has 0 fully saturated rings. The summed E-state index contributed by atoms with van der Waals surface area (Å²) in [5.41, 5.74) is 11.7. The number of hydrogen-bond acceptors (Lipinski definition) is 7. The molecule has 0 aliphatic rings. The van der Waals surface area contributed by atoms with Gasteiger partial charge in [0.2, 0.25) is 20.7 Å². The number of benzene rings is 14. The molecule has 0 radical (unpaired) electrons. The van der Waals surface area contributed by atoms with Gasteiger partial charge in [-0.25, -0.2) is 8.42 Å². The van der Waals surface area contributed by atoms with Crippen molar-refractivity contribution in [2.75, 3.05) is 0 Å². The zero-order chi connectivity index (χ0) is 98.9. The number of halogens is 12. The van der Waals surface area contributed by atoms with Crippen LogP contribution >= 0.6 is 0 Å². The predicted molar refractivity (Wildman–Crippen MR) is 519 cm³/mol. The predicted octanol–water partition coefficient (Wildman–Crippen LogP) is 33.6. The van der Waals surface area contributed by atoms with E-state index in [4.69, 9.17) is 18.9 Å². The molecule has 0 saturated carbocycles. The summed E-state index contributed by atoms with van der Waals surface area (Å²) in [6.07, 6.45) is -22.5. The monoisotopic (exact) mass is 1870 g/mol. The smallest absolute Gasteiger partial charge is 0.411 e. The number of alkyl halides is 12. The molecule has 14 aromatic rings. The molecule has 0 aliphatic heterocycles. The van der Waals surface area contributed by atoms with Gasteiger partial charge in [0.1, 0.15) is 46.0 Å². The zero-order valence-corrected chi connectivity index (χ0v) is 80.2. The number of rotatable bonds is 18. The number of sulfone groups is 1. The van der Waals surface area contributed by atoms with E-state index in [2.05, 4.69) is 104 Å². The van der Waals surface area contributed by atoms with Crippen LogP contribution in [-0.2, 0) is 26.1 Å². The summed E-state index contributed by atoms with van der Waals surface area (Å²) in [5.74, 6) is 4.57. The van der Waals surface area contributed by atoms with Crippen molar-refractivity contribution in [2.24, 2.45) is 0 Å². The lowest BCUT2D eigenvalue weighted by molar-refractivity contribution is -0.290. The highest BCUT2D eigenvalue weighted by atomic mass is 32.2. The molecule has 135 heavy (non-hydrogen) atoms. The van der Waals surface area contributed by atoms with Crippen molar-refractivity contribution < 1.29 is 84.8 Å². The molecule has 0 N–H and O–H groups in total. The normalized spacial score (nSPS) is 11.8.